The average Bonchev–Trinajstić information content (AvgIpc) is 3.25. The molecule has 0 bridgehead atoms. The standard InChI is InChI=1S/C15H18N4O3S/c1-21-13-3-2-10(6-16-13)14-12(4-5-22-14)19-15(20)17-7-11-8-23-9-18-11/h2-3,6,8-9,12,14H,4-5,7H2,1H3,(H2,17,19,20)/t12-,14+/m0/s1. The lowest BCUT2D eigenvalue weighted by molar-refractivity contribution is 0.0995. The lowest BCUT2D eigenvalue weighted by Crippen LogP contribution is -2.43. The van der Waals surface area contributed by atoms with Crippen molar-refractivity contribution in [2.45, 2.75) is 25.1 Å². The zero-order chi connectivity index (χ0) is 16.1. The van der Waals surface area contributed by atoms with Gasteiger partial charge in [-0.1, -0.05) is 0 Å². The monoisotopic (exact) mass is 334 g/mol. The van der Waals surface area contributed by atoms with Crippen molar-refractivity contribution in [3.63, 3.8) is 0 Å². The molecule has 1 fully saturated rings. The summed E-state index contributed by atoms with van der Waals surface area (Å²) in [6, 6.07) is 3.39. The van der Waals surface area contributed by atoms with Crippen LogP contribution in [-0.4, -0.2) is 35.8 Å². The molecule has 0 saturated carbocycles. The summed E-state index contributed by atoms with van der Waals surface area (Å²) < 4.78 is 10.8. The van der Waals surface area contributed by atoms with Crippen molar-refractivity contribution < 1.29 is 14.3 Å². The van der Waals surface area contributed by atoms with Gasteiger partial charge in [-0.25, -0.2) is 14.8 Å². The van der Waals surface area contributed by atoms with Crippen molar-refractivity contribution in [3.8, 4) is 5.88 Å². The second kappa shape index (κ2) is 7.38. The number of hydrogen-bond acceptors (Lipinski definition) is 6. The van der Waals surface area contributed by atoms with E-state index in [0.717, 1.165) is 17.7 Å². The molecule has 2 N–H and O–H groups in total. The van der Waals surface area contributed by atoms with Gasteiger partial charge in [0.25, 0.3) is 0 Å². The number of pyridine rings is 1. The number of nitrogens with one attached hydrogen (secondary N) is 2. The second-order valence-corrected chi connectivity index (χ2v) is 5.85. The van der Waals surface area contributed by atoms with Crippen LogP contribution in [-0.2, 0) is 11.3 Å². The molecule has 0 aromatic carbocycles. The van der Waals surface area contributed by atoms with Crippen molar-refractivity contribution in [1.82, 2.24) is 20.6 Å². The number of aromatic nitrogens is 2. The van der Waals surface area contributed by atoms with Crippen molar-refractivity contribution in [1.29, 1.82) is 0 Å². The zero-order valence-electron chi connectivity index (χ0n) is 12.7. The van der Waals surface area contributed by atoms with Gasteiger partial charge in [0.2, 0.25) is 5.88 Å². The van der Waals surface area contributed by atoms with E-state index in [4.69, 9.17) is 9.47 Å². The largest absolute Gasteiger partial charge is 0.481 e. The Kier molecular flexibility index (Phi) is 5.04. The van der Waals surface area contributed by atoms with Crippen molar-refractivity contribution >= 4 is 17.4 Å². The zero-order valence-corrected chi connectivity index (χ0v) is 13.5. The van der Waals surface area contributed by atoms with Gasteiger partial charge in [0.15, 0.2) is 0 Å². The highest BCUT2D eigenvalue weighted by atomic mass is 32.1. The van der Waals surface area contributed by atoms with Crippen LogP contribution >= 0.6 is 11.3 Å². The van der Waals surface area contributed by atoms with E-state index in [1.165, 1.54) is 11.3 Å². The first-order valence-electron chi connectivity index (χ1n) is 7.29. The number of methoxy groups -OCH3 is 1. The van der Waals surface area contributed by atoms with E-state index >= 15 is 0 Å². The maximum atomic E-state index is 12.0. The highest BCUT2D eigenvalue weighted by Crippen LogP contribution is 2.29. The quantitative estimate of drug-likeness (QED) is 0.872. The predicted molar refractivity (Wildman–Crippen MR) is 85.4 cm³/mol. The SMILES string of the molecule is COc1ccc([C@H]2OCC[C@@H]2NC(=O)NCc2cscn2)cn1. The van der Waals surface area contributed by atoms with E-state index in [1.807, 2.05) is 11.4 Å². The molecule has 3 rings (SSSR count). The van der Waals surface area contributed by atoms with Crippen LogP contribution in [0.1, 0.15) is 23.8 Å². The number of nitrogens with zero attached hydrogens (tertiary/aromatic N) is 2. The molecule has 23 heavy (non-hydrogen) atoms. The van der Waals surface area contributed by atoms with Crippen LogP contribution in [0.5, 0.6) is 5.88 Å². The highest BCUT2D eigenvalue weighted by molar-refractivity contribution is 7.07. The molecule has 0 spiro atoms. The van der Waals surface area contributed by atoms with E-state index in [0.29, 0.717) is 19.0 Å². The number of hydrogen-bond donors (Lipinski definition) is 2. The Morgan fingerprint density at radius 3 is 3.09 bits per heavy atom. The third-order valence-electron chi connectivity index (χ3n) is 3.62. The Morgan fingerprint density at radius 2 is 2.39 bits per heavy atom. The molecule has 1 saturated heterocycles. The Bertz CT molecular complexity index is 633. The predicted octanol–water partition coefficient (Wildman–Crippen LogP) is 1.88. The van der Waals surface area contributed by atoms with Gasteiger partial charge >= 0.3 is 6.03 Å². The van der Waals surface area contributed by atoms with Crippen molar-refractivity contribution in [2.75, 3.05) is 13.7 Å². The molecule has 0 unspecified atom stereocenters. The van der Waals surface area contributed by atoms with Gasteiger partial charge in [0.05, 0.1) is 30.9 Å². The third kappa shape index (κ3) is 3.96. The van der Waals surface area contributed by atoms with Gasteiger partial charge in [-0.3, -0.25) is 0 Å². The fourth-order valence-electron chi connectivity index (χ4n) is 2.46. The molecule has 1 aliphatic rings. The minimum atomic E-state index is -0.222. The molecule has 0 aliphatic carbocycles. The van der Waals surface area contributed by atoms with Crippen LogP contribution in [0.4, 0.5) is 4.79 Å². The van der Waals surface area contributed by atoms with Crippen LogP contribution < -0.4 is 15.4 Å². The average molecular weight is 334 g/mol. The van der Waals surface area contributed by atoms with E-state index < -0.39 is 0 Å². The summed E-state index contributed by atoms with van der Waals surface area (Å²) >= 11 is 1.50. The Hall–Kier alpha value is -2.19. The Labute approximate surface area is 138 Å². The van der Waals surface area contributed by atoms with Crippen molar-refractivity contribution in [2.24, 2.45) is 0 Å². The normalized spacial score (nSPS) is 20.2. The summed E-state index contributed by atoms with van der Waals surface area (Å²) in [6.07, 6.45) is 2.29. The van der Waals surface area contributed by atoms with Crippen LogP contribution in [0.15, 0.2) is 29.2 Å². The van der Waals surface area contributed by atoms with Gasteiger partial charge in [0.1, 0.15) is 6.10 Å². The first-order chi connectivity index (χ1) is 11.3. The van der Waals surface area contributed by atoms with E-state index in [2.05, 4.69) is 20.6 Å². The number of urea groups is 1. The fourth-order valence-corrected chi connectivity index (χ4v) is 3.02. The molecule has 122 valence electrons. The van der Waals surface area contributed by atoms with Crippen LogP contribution in [0.2, 0.25) is 0 Å². The molecular weight excluding hydrogens is 316 g/mol. The molecule has 2 atom stereocenters. The molecule has 1 aliphatic heterocycles. The van der Waals surface area contributed by atoms with Crippen LogP contribution in [0, 0.1) is 0 Å². The molecule has 2 aromatic rings. The Morgan fingerprint density at radius 1 is 1.48 bits per heavy atom. The molecule has 7 nitrogen and oxygen atoms in total. The lowest BCUT2D eigenvalue weighted by atomic mass is 10.0. The second-order valence-electron chi connectivity index (χ2n) is 5.13. The topological polar surface area (TPSA) is 85.4 Å². The summed E-state index contributed by atoms with van der Waals surface area (Å²) in [4.78, 5) is 20.4. The highest BCUT2D eigenvalue weighted by Gasteiger charge is 2.31. The van der Waals surface area contributed by atoms with Crippen LogP contribution in [0.25, 0.3) is 0 Å². The van der Waals surface area contributed by atoms with Gasteiger partial charge in [0, 0.05) is 29.8 Å². The number of rotatable bonds is 5. The van der Waals surface area contributed by atoms with Gasteiger partial charge in [-0.15, -0.1) is 11.3 Å². The molecule has 2 amide bonds. The molecule has 0 radical (unpaired) electrons. The number of carbonyl (C=O) groups excluding carboxylic acids is 1. The summed E-state index contributed by atoms with van der Waals surface area (Å²) in [5, 5.41) is 7.67. The minimum Gasteiger partial charge on any atom is -0.481 e. The summed E-state index contributed by atoms with van der Waals surface area (Å²) in [7, 11) is 1.57. The third-order valence-corrected chi connectivity index (χ3v) is 4.25. The first-order valence-corrected chi connectivity index (χ1v) is 8.23. The number of thiazole rings is 1. The smallest absolute Gasteiger partial charge is 0.315 e. The summed E-state index contributed by atoms with van der Waals surface area (Å²) in [5.74, 6) is 0.553. The minimum absolute atomic E-state index is 0.0828. The Balaban J connectivity index is 1.56. The first kappa shape index (κ1) is 15.7. The molecule has 2 aromatic heterocycles. The summed E-state index contributed by atoms with van der Waals surface area (Å²) in [6.45, 7) is 1.02. The lowest BCUT2D eigenvalue weighted by Gasteiger charge is -2.20. The van der Waals surface area contributed by atoms with E-state index in [9.17, 15) is 4.79 Å². The molecule has 8 heteroatoms. The summed E-state index contributed by atoms with van der Waals surface area (Å²) in [5.41, 5.74) is 3.52. The molecular formula is C15H18N4O3S. The number of carbonyl (C=O) groups is 1. The number of ether oxygens (including phenoxy) is 2. The fraction of sp³-hybridized carbons (Fsp3) is 0.400. The maximum Gasteiger partial charge on any atom is 0.315 e. The van der Waals surface area contributed by atoms with Gasteiger partial charge in [-0.2, -0.15) is 0 Å². The van der Waals surface area contributed by atoms with Crippen molar-refractivity contribution in [3.05, 3.63) is 40.5 Å². The van der Waals surface area contributed by atoms with E-state index in [-0.39, 0.29) is 18.2 Å². The molecule has 3 heterocycles. The van der Waals surface area contributed by atoms with Gasteiger partial charge < -0.3 is 20.1 Å². The maximum absolute atomic E-state index is 12.0. The van der Waals surface area contributed by atoms with Crippen LogP contribution in [0.3, 0.4) is 0 Å². The van der Waals surface area contributed by atoms with E-state index in [1.54, 1.807) is 24.9 Å². The van der Waals surface area contributed by atoms with Gasteiger partial charge in [-0.05, 0) is 12.5 Å². The number of amides is 2.